The molecule has 1 saturated heterocycles. The third-order valence-electron chi connectivity index (χ3n) is 6.01. The van der Waals surface area contributed by atoms with Gasteiger partial charge in [0.1, 0.15) is 12.3 Å². The molecule has 0 spiro atoms. The molecule has 8 heteroatoms. The summed E-state index contributed by atoms with van der Waals surface area (Å²) in [5, 5.41) is 3.92. The number of hydrogen-bond donors (Lipinski definition) is 1. The molecule has 2 atom stereocenters. The highest BCUT2D eigenvalue weighted by Gasteiger charge is 2.41. The number of nitrogens with one attached hydrogen (secondary N) is 1. The van der Waals surface area contributed by atoms with Crippen molar-refractivity contribution < 1.29 is 14.3 Å². The van der Waals surface area contributed by atoms with Gasteiger partial charge in [0.25, 0.3) is 5.91 Å². The van der Waals surface area contributed by atoms with E-state index in [0.717, 1.165) is 47.0 Å². The van der Waals surface area contributed by atoms with E-state index in [1.54, 1.807) is 35.9 Å². The van der Waals surface area contributed by atoms with Gasteiger partial charge in [-0.25, -0.2) is 0 Å². The zero-order valence-corrected chi connectivity index (χ0v) is 21.5. The second-order valence-corrected chi connectivity index (χ2v) is 10.8. The summed E-state index contributed by atoms with van der Waals surface area (Å²) in [6, 6.07) is 13.2. The summed E-state index contributed by atoms with van der Waals surface area (Å²) >= 11 is 11.1. The van der Waals surface area contributed by atoms with Crippen LogP contribution in [0.3, 0.4) is 0 Å². The lowest BCUT2D eigenvalue weighted by molar-refractivity contribution is -0.135. The predicted octanol–water partition coefficient (Wildman–Crippen LogP) is 5.66. The molecule has 1 saturated carbocycles. The lowest BCUT2D eigenvalue weighted by atomic mass is 9.93. The van der Waals surface area contributed by atoms with Gasteiger partial charge in [-0.2, -0.15) is 0 Å². The molecule has 2 aromatic carbocycles. The quantitative estimate of drug-likeness (QED) is 0.473. The van der Waals surface area contributed by atoms with Crippen LogP contribution in [0.1, 0.15) is 36.8 Å². The molecule has 1 aliphatic carbocycles. The number of nitrogens with zero attached hydrogens (tertiary/aromatic N) is 1. The first-order valence-electron chi connectivity index (χ1n) is 11.0. The lowest BCUT2D eigenvalue weighted by Gasteiger charge is -2.43. The standard InChI is InChI=1S/C25H26BrClN2O3S/c1-32-21-11-8-17(12-19(21)26)13-23-25(31)29(20-4-2-3-5-22(20)33-23)15-24(30)28-14-16-6-9-18(27)10-7-16/h6-13,20,22H,2-5,14-15H2,1H3,(H,28,30)/b23-13+. The number of amides is 2. The fourth-order valence-corrected chi connectivity index (χ4v) is 6.46. The van der Waals surface area contributed by atoms with Crippen LogP contribution in [0.4, 0.5) is 0 Å². The Labute approximate surface area is 212 Å². The number of hydrogen-bond acceptors (Lipinski definition) is 4. The number of thioether (sulfide) groups is 1. The lowest BCUT2D eigenvalue weighted by Crippen LogP contribution is -2.54. The highest BCUT2D eigenvalue weighted by molar-refractivity contribution is 9.10. The van der Waals surface area contributed by atoms with Crippen molar-refractivity contribution in [2.24, 2.45) is 0 Å². The van der Waals surface area contributed by atoms with Gasteiger partial charge >= 0.3 is 0 Å². The Morgan fingerprint density at radius 3 is 2.73 bits per heavy atom. The Hall–Kier alpha value is -1.96. The summed E-state index contributed by atoms with van der Waals surface area (Å²) < 4.78 is 6.14. The number of methoxy groups -OCH3 is 1. The minimum Gasteiger partial charge on any atom is -0.496 e. The first-order chi connectivity index (χ1) is 15.9. The van der Waals surface area contributed by atoms with Crippen LogP contribution in [-0.4, -0.2) is 41.7 Å². The minimum atomic E-state index is -0.152. The van der Waals surface area contributed by atoms with Crippen LogP contribution in [0, 0.1) is 0 Å². The summed E-state index contributed by atoms with van der Waals surface area (Å²) in [5.74, 6) is 0.518. The Kier molecular flexibility index (Phi) is 8.04. The topological polar surface area (TPSA) is 58.6 Å². The van der Waals surface area contributed by atoms with Gasteiger partial charge in [-0.15, -0.1) is 11.8 Å². The average Bonchev–Trinajstić information content (AvgIpc) is 2.81. The van der Waals surface area contributed by atoms with Gasteiger partial charge in [-0.1, -0.05) is 42.6 Å². The van der Waals surface area contributed by atoms with Crippen molar-refractivity contribution in [2.75, 3.05) is 13.7 Å². The second kappa shape index (κ2) is 11.0. The van der Waals surface area contributed by atoms with E-state index in [2.05, 4.69) is 21.2 Å². The van der Waals surface area contributed by atoms with Crippen molar-refractivity contribution in [1.29, 1.82) is 0 Å². The van der Waals surface area contributed by atoms with Crippen molar-refractivity contribution in [3.05, 3.63) is 68.0 Å². The molecule has 2 unspecified atom stereocenters. The Morgan fingerprint density at radius 2 is 2.00 bits per heavy atom. The Bertz CT molecular complexity index is 1060. The van der Waals surface area contributed by atoms with Crippen LogP contribution in [0.5, 0.6) is 5.75 Å². The highest BCUT2D eigenvalue weighted by Crippen LogP contribution is 2.42. The molecule has 2 fully saturated rings. The largest absolute Gasteiger partial charge is 0.496 e. The molecule has 1 heterocycles. The monoisotopic (exact) mass is 548 g/mol. The smallest absolute Gasteiger partial charge is 0.261 e. The normalized spacial score (nSPS) is 21.6. The van der Waals surface area contributed by atoms with E-state index in [9.17, 15) is 9.59 Å². The van der Waals surface area contributed by atoms with E-state index in [-0.39, 0.29) is 24.4 Å². The Balaban J connectivity index is 1.50. The molecule has 174 valence electrons. The molecule has 1 N–H and O–H groups in total. The SMILES string of the molecule is COc1ccc(/C=C2/SC3CCCCC3N(CC(=O)NCc3ccc(Cl)cc3)C2=O)cc1Br. The molecular formula is C25H26BrClN2O3S. The number of carbonyl (C=O) groups is 2. The molecular weight excluding hydrogens is 524 g/mol. The second-order valence-electron chi connectivity index (χ2n) is 8.25. The highest BCUT2D eigenvalue weighted by atomic mass is 79.9. The van der Waals surface area contributed by atoms with Crippen molar-refractivity contribution in [3.63, 3.8) is 0 Å². The predicted molar refractivity (Wildman–Crippen MR) is 137 cm³/mol. The first-order valence-corrected chi connectivity index (χ1v) is 13.0. The van der Waals surface area contributed by atoms with E-state index in [4.69, 9.17) is 16.3 Å². The van der Waals surface area contributed by atoms with E-state index in [0.29, 0.717) is 21.7 Å². The van der Waals surface area contributed by atoms with Gasteiger partial charge in [0.2, 0.25) is 5.91 Å². The molecule has 4 rings (SSSR count). The third kappa shape index (κ3) is 5.94. The molecule has 0 bridgehead atoms. The maximum Gasteiger partial charge on any atom is 0.261 e. The molecule has 2 amide bonds. The average molecular weight is 550 g/mol. The van der Waals surface area contributed by atoms with Crippen molar-refractivity contribution in [2.45, 2.75) is 43.5 Å². The van der Waals surface area contributed by atoms with Gasteiger partial charge < -0.3 is 15.0 Å². The fourth-order valence-electron chi connectivity index (χ4n) is 4.30. The minimum absolute atomic E-state index is 0.0673. The molecule has 0 aromatic heterocycles. The van der Waals surface area contributed by atoms with Gasteiger partial charge in [0.15, 0.2) is 0 Å². The van der Waals surface area contributed by atoms with E-state index in [1.165, 1.54) is 0 Å². The number of carbonyl (C=O) groups excluding carboxylic acids is 2. The zero-order chi connectivity index (χ0) is 23.4. The molecule has 2 aromatic rings. The molecule has 1 aliphatic heterocycles. The van der Waals surface area contributed by atoms with Crippen molar-refractivity contribution in [1.82, 2.24) is 10.2 Å². The van der Waals surface area contributed by atoms with E-state index in [1.807, 2.05) is 36.4 Å². The fraction of sp³-hybridized carbons (Fsp3) is 0.360. The number of halogens is 2. The zero-order valence-electron chi connectivity index (χ0n) is 18.4. The summed E-state index contributed by atoms with van der Waals surface area (Å²) in [5.41, 5.74) is 1.88. The third-order valence-corrected chi connectivity index (χ3v) is 8.28. The van der Waals surface area contributed by atoms with Crippen LogP contribution >= 0.6 is 39.3 Å². The summed E-state index contributed by atoms with van der Waals surface area (Å²) in [7, 11) is 1.62. The Morgan fingerprint density at radius 1 is 1.24 bits per heavy atom. The van der Waals surface area contributed by atoms with E-state index >= 15 is 0 Å². The number of rotatable bonds is 6. The van der Waals surface area contributed by atoms with Gasteiger partial charge in [0.05, 0.1) is 16.5 Å². The van der Waals surface area contributed by atoms with Crippen molar-refractivity contribution in [3.8, 4) is 5.75 Å². The number of benzene rings is 2. The van der Waals surface area contributed by atoms with Crippen LogP contribution in [-0.2, 0) is 16.1 Å². The van der Waals surface area contributed by atoms with Crippen LogP contribution in [0.15, 0.2) is 51.8 Å². The van der Waals surface area contributed by atoms with Crippen LogP contribution in [0.2, 0.25) is 5.02 Å². The van der Waals surface area contributed by atoms with E-state index < -0.39 is 0 Å². The summed E-state index contributed by atoms with van der Waals surface area (Å²) in [6.07, 6.45) is 6.15. The van der Waals surface area contributed by atoms with Crippen molar-refractivity contribution >= 4 is 57.2 Å². The van der Waals surface area contributed by atoms with Gasteiger partial charge in [-0.05, 0) is 70.2 Å². The van der Waals surface area contributed by atoms with Gasteiger partial charge in [-0.3, -0.25) is 9.59 Å². The molecule has 33 heavy (non-hydrogen) atoms. The maximum atomic E-state index is 13.4. The van der Waals surface area contributed by atoms with Crippen LogP contribution in [0.25, 0.3) is 6.08 Å². The maximum absolute atomic E-state index is 13.4. The number of fused-ring (bicyclic) bond motifs is 1. The summed E-state index contributed by atoms with van der Waals surface area (Å²) in [4.78, 5) is 28.7. The first kappa shape index (κ1) is 24.2. The van der Waals surface area contributed by atoms with Crippen LogP contribution < -0.4 is 10.1 Å². The molecule has 0 radical (unpaired) electrons. The molecule has 5 nitrogen and oxygen atoms in total. The summed E-state index contributed by atoms with van der Waals surface area (Å²) in [6.45, 7) is 0.473. The number of ether oxygens (including phenoxy) is 1. The molecule has 2 aliphatic rings. The van der Waals surface area contributed by atoms with Gasteiger partial charge in [0, 0.05) is 22.9 Å².